The quantitative estimate of drug-likeness (QED) is 0.564. The number of esters is 2. The molecule has 4 heteroatoms. The van der Waals surface area contributed by atoms with Crippen molar-refractivity contribution in [3.8, 4) is 0 Å². The average molecular weight is 170 g/mol. The third-order valence-corrected chi connectivity index (χ3v) is 1.63. The number of ether oxygens (including phenoxy) is 2. The molecule has 1 aliphatic rings. The fourth-order valence-electron chi connectivity index (χ4n) is 0.908. The van der Waals surface area contributed by atoms with Crippen molar-refractivity contribution in [1.29, 1.82) is 0 Å². The van der Waals surface area contributed by atoms with Crippen LogP contribution in [0, 0.1) is 0 Å². The Morgan fingerprint density at radius 2 is 2.33 bits per heavy atom. The summed E-state index contributed by atoms with van der Waals surface area (Å²) in [7, 11) is 0. The molecule has 1 aliphatic heterocycles. The van der Waals surface area contributed by atoms with E-state index < -0.39 is 11.9 Å². The van der Waals surface area contributed by atoms with Crippen molar-refractivity contribution in [2.75, 3.05) is 13.2 Å². The molecule has 1 heterocycles. The molecular weight excluding hydrogens is 160 g/mol. The highest BCUT2D eigenvalue weighted by Gasteiger charge is 2.26. The molecular formula is C8H10O4. The largest absolute Gasteiger partial charge is 0.463 e. The molecule has 0 atom stereocenters. The molecule has 0 aromatic carbocycles. The Morgan fingerprint density at radius 3 is 2.75 bits per heavy atom. The van der Waals surface area contributed by atoms with E-state index >= 15 is 0 Å². The first-order chi connectivity index (χ1) is 5.66. The molecule has 1 rings (SSSR count). The predicted molar refractivity (Wildman–Crippen MR) is 40.3 cm³/mol. The van der Waals surface area contributed by atoms with Gasteiger partial charge in [0.1, 0.15) is 6.61 Å². The van der Waals surface area contributed by atoms with E-state index in [-0.39, 0.29) is 6.61 Å². The molecule has 0 radical (unpaired) electrons. The van der Waals surface area contributed by atoms with Gasteiger partial charge in [0.25, 0.3) is 0 Å². The Bertz CT molecular complexity index is 252. The topological polar surface area (TPSA) is 52.6 Å². The summed E-state index contributed by atoms with van der Waals surface area (Å²) in [5, 5.41) is 0. The van der Waals surface area contributed by atoms with Gasteiger partial charge >= 0.3 is 11.9 Å². The SMILES string of the molecule is CCOC(=O)C1=C(C)C(=O)OC1. The van der Waals surface area contributed by atoms with Crippen molar-refractivity contribution in [2.24, 2.45) is 0 Å². The molecule has 0 amide bonds. The van der Waals surface area contributed by atoms with Gasteiger partial charge in [-0.05, 0) is 13.8 Å². The van der Waals surface area contributed by atoms with Gasteiger partial charge in [0.05, 0.1) is 12.2 Å². The van der Waals surface area contributed by atoms with Crippen LogP contribution in [-0.2, 0) is 19.1 Å². The van der Waals surface area contributed by atoms with Crippen LogP contribution in [0.3, 0.4) is 0 Å². The second-order valence-corrected chi connectivity index (χ2v) is 2.40. The summed E-state index contributed by atoms with van der Waals surface area (Å²) in [5.41, 5.74) is 0.690. The minimum absolute atomic E-state index is 0.0451. The van der Waals surface area contributed by atoms with E-state index in [9.17, 15) is 9.59 Å². The van der Waals surface area contributed by atoms with Crippen molar-refractivity contribution in [3.05, 3.63) is 11.1 Å². The van der Waals surface area contributed by atoms with Crippen molar-refractivity contribution in [1.82, 2.24) is 0 Å². The minimum atomic E-state index is -0.458. The molecule has 0 fully saturated rings. The minimum Gasteiger partial charge on any atom is -0.463 e. The van der Waals surface area contributed by atoms with Gasteiger partial charge in [-0.15, -0.1) is 0 Å². The van der Waals surface area contributed by atoms with E-state index in [1.165, 1.54) is 0 Å². The normalized spacial score (nSPS) is 16.3. The van der Waals surface area contributed by atoms with Crippen molar-refractivity contribution in [2.45, 2.75) is 13.8 Å². The van der Waals surface area contributed by atoms with Gasteiger partial charge in [-0.3, -0.25) is 0 Å². The van der Waals surface area contributed by atoms with Gasteiger partial charge in [0, 0.05) is 5.57 Å². The lowest BCUT2D eigenvalue weighted by atomic mass is 10.2. The highest BCUT2D eigenvalue weighted by atomic mass is 16.6. The molecule has 0 aromatic rings. The van der Waals surface area contributed by atoms with Crippen LogP contribution in [0.5, 0.6) is 0 Å². The second-order valence-electron chi connectivity index (χ2n) is 2.40. The molecule has 66 valence electrons. The van der Waals surface area contributed by atoms with Crippen LogP contribution in [0.2, 0.25) is 0 Å². The summed E-state index contributed by atoms with van der Waals surface area (Å²) in [5.74, 6) is -0.890. The Kier molecular flexibility index (Phi) is 2.47. The lowest BCUT2D eigenvalue weighted by Crippen LogP contribution is -2.09. The van der Waals surface area contributed by atoms with Gasteiger partial charge in [0.15, 0.2) is 0 Å². The zero-order valence-corrected chi connectivity index (χ0v) is 7.05. The Morgan fingerprint density at radius 1 is 1.67 bits per heavy atom. The second kappa shape index (κ2) is 3.38. The molecule has 0 unspecified atom stereocenters. The van der Waals surface area contributed by atoms with E-state index in [4.69, 9.17) is 4.74 Å². The highest BCUT2D eigenvalue weighted by molar-refractivity contribution is 6.02. The Hall–Kier alpha value is -1.32. The lowest BCUT2D eigenvalue weighted by molar-refractivity contribution is -0.139. The van der Waals surface area contributed by atoms with Gasteiger partial charge in [-0.25, -0.2) is 9.59 Å². The molecule has 0 bridgehead atoms. The fraction of sp³-hybridized carbons (Fsp3) is 0.500. The van der Waals surface area contributed by atoms with E-state index in [1.54, 1.807) is 13.8 Å². The first kappa shape index (κ1) is 8.77. The standard InChI is InChI=1S/C8H10O4/c1-3-11-8(10)6-4-12-7(9)5(6)2/h3-4H2,1-2H3. The maximum absolute atomic E-state index is 11.1. The summed E-state index contributed by atoms with van der Waals surface area (Å²) in [4.78, 5) is 21.9. The number of carbonyl (C=O) groups is 2. The smallest absolute Gasteiger partial charge is 0.338 e. The van der Waals surface area contributed by atoms with Gasteiger partial charge in [-0.1, -0.05) is 0 Å². The van der Waals surface area contributed by atoms with E-state index in [1.807, 2.05) is 0 Å². The van der Waals surface area contributed by atoms with Crippen molar-refractivity contribution >= 4 is 11.9 Å². The summed E-state index contributed by atoms with van der Waals surface area (Å²) in [6.45, 7) is 3.63. The Labute approximate surface area is 70.1 Å². The third-order valence-electron chi connectivity index (χ3n) is 1.63. The molecule has 12 heavy (non-hydrogen) atoms. The van der Waals surface area contributed by atoms with Crippen LogP contribution in [0.4, 0.5) is 0 Å². The molecule has 0 saturated carbocycles. The zero-order chi connectivity index (χ0) is 9.14. The highest BCUT2D eigenvalue weighted by Crippen LogP contribution is 2.15. The number of hydrogen-bond acceptors (Lipinski definition) is 4. The maximum atomic E-state index is 11.1. The van der Waals surface area contributed by atoms with Gasteiger partial charge < -0.3 is 9.47 Å². The number of rotatable bonds is 2. The average Bonchev–Trinajstić information content (AvgIpc) is 2.34. The van der Waals surface area contributed by atoms with Crippen LogP contribution < -0.4 is 0 Å². The first-order valence-corrected chi connectivity index (χ1v) is 3.70. The van der Waals surface area contributed by atoms with E-state index in [0.29, 0.717) is 17.8 Å². The van der Waals surface area contributed by atoms with Crippen LogP contribution in [0.1, 0.15) is 13.8 Å². The van der Waals surface area contributed by atoms with Crippen molar-refractivity contribution in [3.63, 3.8) is 0 Å². The zero-order valence-electron chi connectivity index (χ0n) is 7.05. The lowest BCUT2D eigenvalue weighted by Gasteiger charge is -1.99. The Balaban J connectivity index is 2.75. The van der Waals surface area contributed by atoms with Gasteiger partial charge in [-0.2, -0.15) is 0 Å². The fourth-order valence-corrected chi connectivity index (χ4v) is 0.908. The van der Waals surface area contributed by atoms with E-state index in [2.05, 4.69) is 4.74 Å². The van der Waals surface area contributed by atoms with Crippen LogP contribution >= 0.6 is 0 Å². The maximum Gasteiger partial charge on any atom is 0.338 e. The summed E-state index contributed by atoms with van der Waals surface area (Å²) in [6, 6.07) is 0. The molecule has 0 N–H and O–H groups in total. The molecule has 0 aromatic heterocycles. The molecule has 0 saturated heterocycles. The third kappa shape index (κ3) is 1.47. The van der Waals surface area contributed by atoms with Crippen LogP contribution in [0.15, 0.2) is 11.1 Å². The number of carbonyl (C=O) groups excluding carboxylic acids is 2. The number of cyclic esters (lactones) is 1. The summed E-state index contributed by atoms with van der Waals surface area (Å²) in [6.07, 6.45) is 0. The van der Waals surface area contributed by atoms with Gasteiger partial charge in [0.2, 0.25) is 0 Å². The van der Waals surface area contributed by atoms with Crippen molar-refractivity contribution < 1.29 is 19.1 Å². The monoisotopic (exact) mass is 170 g/mol. The van der Waals surface area contributed by atoms with Crippen LogP contribution in [-0.4, -0.2) is 25.2 Å². The molecule has 0 spiro atoms. The van der Waals surface area contributed by atoms with Crippen LogP contribution in [0.25, 0.3) is 0 Å². The molecule has 0 aliphatic carbocycles. The van der Waals surface area contributed by atoms with E-state index in [0.717, 1.165) is 0 Å². The first-order valence-electron chi connectivity index (χ1n) is 3.70. The predicted octanol–water partition coefficient (Wildman–Crippen LogP) is 0.423. The summed E-state index contributed by atoms with van der Waals surface area (Å²) >= 11 is 0. The summed E-state index contributed by atoms with van der Waals surface area (Å²) < 4.78 is 9.35. The molecule has 4 nitrogen and oxygen atoms in total. The number of hydrogen-bond donors (Lipinski definition) is 0.